The summed E-state index contributed by atoms with van der Waals surface area (Å²) >= 11 is 1.76. The third-order valence-electron chi connectivity index (χ3n) is 2.57. The van der Waals surface area contributed by atoms with Gasteiger partial charge in [0.2, 0.25) is 0 Å². The van der Waals surface area contributed by atoms with Gasteiger partial charge in [-0.3, -0.25) is 0 Å². The number of aromatic nitrogens is 2. The molecule has 0 radical (unpaired) electrons. The van der Waals surface area contributed by atoms with Crippen LogP contribution < -0.4 is 4.74 Å². The van der Waals surface area contributed by atoms with Crippen LogP contribution >= 0.6 is 11.8 Å². The van der Waals surface area contributed by atoms with Crippen molar-refractivity contribution < 1.29 is 4.74 Å². The van der Waals surface area contributed by atoms with E-state index in [4.69, 9.17) is 4.74 Å². The standard InChI is InChI=1S/C14H18N2OS/c1-4-17-12-8-6-11(7-9-12)13-10-16(3)14(15-13)18-5-2/h6-10H,4-5H2,1-3H3. The Hall–Kier alpha value is -1.42. The van der Waals surface area contributed by atoms with Gasteiger partial charge < -0.3 is 9.30 Å². The molecule has 1 heterocycles. The topological polar surface area (TPSA) is 27.1 Å². The highest BCUT2D eigenvalue weighted by Crippen LogP contribution is 2.25. The summed E-state index contributed by atoms with van der Waals surface area (Å²) in [6.07, 6.45) is 2.06. The molecule has 0 bridgehead atoms. The van der Waals surface area contributed by atoms with Crippen LogP contribution in [0.4, 0.5) is 0 Å². The minimum absolute atomic E-state index is 0.695. The molecule has 3 nitrogen and oxygen atoms in total. The summed E-state index contributed by atoms with van der Waals surface area (Å²) in [4.78, 5) is 4.63. The Labute approximate surface area is 112 Å². The second kappa shape index (κ2) is 5.96. The molecule has 0 spiro atoms. The van der Waals surface area contributed by atoms with Gasteiger partial charge in [0.1, 0.15) is 5.75 Å². The van der Waals surface area contributed by atoms with E-state index in [1.54, 1.807) is 11.8 Å². The molecule has 0 saturated heterocycles. The van der Waals surface area contributed by atoms with Gasteiger partial charge in [-0.1, -0.05) is 18.7 Å². The van der Waals surface area contributed by atoms with Gasteiger partial charge in [-0.2, -0.15) is 0 Å². The van der Waals surface area contributed by atoms with E-state index in [9.17, 15) is 0 Å². The number of aryl methyl sites for hydroxylation is 1. The van der Waals surface area contributed by atoms with Crippen molar-refractivity contribution in [2.45, 2.75) is 19.0 Å². The molecule has 2 aromatic rings. The van der Waals surface area contributed by atoms with Crippen LogP contribution in [0.25, 0.3) is 11.3 Å². The predicted molar refractivity (Wildman–Crippen MR) is 76.2 cm³/mol. The van der Waals surface area contributed by atoms with Crippen molar-refractivity contribution in [2.24, 2.45) is 7.05 Å². The van der Waals surface area contributed by atoms with Crippen molar-refractivity contribution in [3.8, 4) is 17.0 Å². The van der Waals surface area contributed by atoms with Crippen molar-refractivity contribution in [1.82, 2.24) is 9.55 Å². The Kier molecular flexibility index (Phi) is 4.31. The van der Waals surface area contributed by atoms with Gasteiger partial charge in [0.05, 0.1) is 12.3 Å². The van der Waals surface area contributed by atoms with Gasteiger partial charge in [0, 0.05) is 18.8 Å². The zero-order valence-electron chi connectivity index (χ0n) is 11.0. The summed E-state index contributed by atoms with van der Waals surface area (Å²) in [7, 11) is 2.03. The molecule has 0 aliphatic carbocycles. The highest BCUT2D eigenvalue weighted by atomic mass is 32.2. The van der Waals surface area contributed by atoms with E-state index < -0.39 is 0 Å². The molecule has 0 fully saturated rings. The Morgan fingerprint density at radius 3 is 2.56 bits per heavy atom. The molecular weight excluding hydrogens is 244 g/mol. The van der Waals surface area contributed by atoms with Crippen molar-refractivity contribution >= 4 is 11.8 Å². The van der Waals surface area contributed by atoms with E-state index in [1.807, 2.05) is 38.2 Å². The molecule has 1 aromatic heterocycles. The van der Waals surface area contributed by atoms with Crippen molar-refractivity contribution in [3.63, 3.8) is 0 Å². The van der Waals surface area contributed by atoms with Crippen molar-refractivity contribution in [1.29, 1.82) is 0 Å². The van der Waals surface area contributed by atoms with E-state index in [1.165, 1.54) is 0 Å². The van der Waals surface area contributed by atoms with Crippen molar-refractivity contribution in [3.05, 3.63) is 30.5 Å². The minimum Gasteiger partial charge on any atom is -0.494 e. The molecule has 0 saturated carbocycles. The first-order valence-corrected chi connectivity index (χ1v) is 7.12. The maximum atomic E-state index is 5.43. The normalized spacial score (nSPS) is 10.6. The van der Waals surface area contributed by atoms with Crippen LogP contribution in [0.5, 0.6) is 5.75 Å². The summed E-state index contributed by atoms with van der Waals surface area (Å²) < 4.78 is 7.50. The van der Waals surface area contributed by atoms with E-state index in [2.05, 4.69) is 22.7 Å². The lowest BCUT2D eigenvalue weighted by Crippen LogP contribution is -1.90. The fourth-order valence-corrected chi connectivity index (χ4v) is 2.42. The fraction of sp³-hybridized carbons (Fsp3) is 0.357. The number of hydrogen-bond donors (Lipinski definition) is 0. The number of imidazole rings is 1. The molecule has 18 heavy (non-hydrogen) atoms. The Morgan fingerprint density at radius 1 is 1.22 bits per heavy atom. The quantitative estimate of drug-likeness (QED) is 0.770. The van der Waals surface area contributed by atoms with Crippen LogP contribution in [-0.2, 0) is 7.05 Å². The summed E-state index contributed by atoms with van der Waals surface area (Å²) in [6.45, 7) is 4.82. The molecule has 0 N–H and O–H groups in total. The average molecular weight is 262 g/mol. The summed E-state index contributed by atoms with van der Waals surface area (Å²) in [5, 5.41) is 1.06. The SMILES string of the molecule is CCOc1ccc(-c2cn(C)c(SCC)n2)cc1. The van der Waals surface area contributed by atoms with Gasteiger partial charge in [-0.05, 0) is 36.9 Å². The molecule has 0 aliphatic rings. The van der Waals surface area contributed by atoms with Crippen LogP contribution in [-0.4, -0.2) is 21.9 Å². The average Bonchev–Trinajstić information content (AvgIpc) is 2.73. The van der Waals surface area contributed by atoms with Crippen molar-refractivity contribution in [2.75, 3.05) is 12.4 Å². The second-order valence-electron chi connectivity index (χ2n) is 3.91. The zero-order chi connectivity index (χ0) is 13.0. The van der Waals surface area contributed by atoms with Gasteiger partial charge in [0.15, 0.2) is 5.16 Å². The highest BCUT2D eigenvalue weighted by molar-refractivity contribution is 7.99. The minimum atomic E-state index is 0.695. The molecular formula is C14H18N2OS. The maximum Gasteiger partial charge on any atom is 0.168 e. The van der Waals surface area contributed by atoms with E-state index in [0.717, 1.165) is 27.9 Å². The lowest BCUT2D eigenvalue weighted by molar-refractivity contribution is 0.340. The molecule has 2 rings (SSSR count). The third-order valence-corrected chi connectivity index (χ3v) is 3.49. The largest absolute Gasteiger partial charge is 0.494 e. The molecule has 4 heteroatoms. The van der Waals surface area contributed by atoms with E-state index in [0.29, 0.717) is 6.61 Å². The fourth-order valence-electron chi connectivity index (χ4n) is 1.74. The molecule has 0 atom stereocenters. The van der Waals surface area contributed by atoms with Gasteiger partial charge in [0.25, 0.3) is 0 Å². The maximum absolute atomic E-state index is 5.43. The summed E-state index contributed by atoms with van der Waals surface area (Å²) in [5.74, 6) is 1.94. The number of thioether (sulfide) groups is 1. The lowest BCUT2D eigenvalue weighted by Gasteiger charge is -2.02. The Morgan fingerprint density at radius 2 is 1.94 bits per heavy atom. The van der Waals surface area contributed by atoms with Gasteiger partial charge in [-0.15, -0.1) is 0 Å². The monoisotopic (exact) mass is 262 g/mol. The lowest BCUT2D eigenvalue weighted by atomic mass is 10.2. The van der Waals surface area contributed by atoms with Crippen LogP contribution in [0.15, 0.2) is 35.6 Å². The zero-order valence-corrected chi connectivity index (χ0v) is 11.8. The predicted octanol–water partition coefficient (Wildman–Crippen LogP) is 3.60. The number of rotatable bonds is 5. The molecule has 0 amide bonds. The van der Waals surface area contributed by atoms with Crippen LogP contribution in [0.3, 0.4) is 0 Å². The van der Waals surface area contributed by atoms with Crippen LogP contribution in [0.2, 0.25) is 0 Å². The number of benzene rings is 1. The van der Waals surface area contributed by atoms with Crippen LogP contribution in [0.1, 0.15) is 13.8 Å². The van der Waals surface area contributed by atoms with Crippen LogP contribution in [0, 0.1) is 0 Å². The van der Waals surface area contributed by atoms with E-state index in [-0.39, 0.29) is 0 Å². The molecule has 0 unspecified atom stereocenters. The number of ether oxygens (including phenoxy) is 1. The molecule has 0 aliphatic heterocycles. The van der Waals surface area contributed by atoms with E-state index >= 15 is 0 Å². The first-order chi connectivity index (χ1) is 8.74. The summed E-state index contributed by atoms with van der Waals surface area (Å²) in [6, 6.07) is 8.07. The van der Waals surface area contributed by atoms with Gasteiger partial charge >= 0.3 is 0 Å². The first kappa shape index (κ1) is 13.0. The Balaban J connectivity index is 2.22. The third kappa shape index (κ3) is 2.88. The second-order valence-corrected chi connectivity index (χ2v) is 5.14. The number of nitrogens with zero attached hydrogens (tertiary/aromatic N) is 2. The number of hydrogen-bond acceptors (Lipinski definition) is 3. The highest BCUT2D eigenvalue weighted by Gasteiger charge is 2.07. The Bertz CT molecular complexity index is 505. The molecule has 96 valence electrons. The smallest absolute Gasteiger partial charge is 0.168 e. The summed E-state index contributed by atoms with van der Waals surface area (Å²) in [5.41, 5.74) is 2.13. The first-order valence-electron chi connectivity index (χ1n) is 6.14. The van der Waals surface area contributed by atoms with Gasteiger partial charge in [-0.25, -0.2) is 4.98 Å². The molecule has 1 aromatic carbocycles.